The van der Waals surface area contributed by atoms with E-state index in [2.05, 4.69) is 144 Å². The molecular weight excluding hydrogens is 679 g/mol. The van der Waals surface area contributed by atoms with Crippen molar-refractivity contribution in [2.24, 2.45) is 11.8 Å². The van der Waals surface area contributed by atoms with Crippen LogP contribution in [-0.2, 0) is 5.41 Å². The SMILES string of the molecule is CC1CCC2=C(C1)C1(C3=CCCC=C3Sc3cc(-c4cccc5c4c4ccccc4n5C4CC=CCC4)ccc31)C1C(C3=CC=CCC3)=CCCC1S2. The highest BCUT2D eigenvalue weighted by Gasteiger charge is 2.59. The Morgan fingerprint density at radius 2 is 1.72 bits per heavy atom. The maximum atomic E-state index is 2.70. The van der Waals surface area contributed by atoms with Crippen molar-refractivity contribution in [3.63, 3.8) is 0 Å². The zero-order valence-corrected chi connectivity index (χ0v) is 32.6. The van der Waals surface area contributed by atoms with Crippen LogP contribution in [0.25, 0.3) is 32.9 Å². The quantitative estimate of drug-likeness (QED) is 0.194. The van der Waals surface area contributed by atoms with E-state index in [0.29, 0.717) is 17.2 Å². The van der Waals surface area contributed by atoms with E-state index in [9.17, 15) is 0 Å². The Balaban J connectivity index is 1.16. The summed E-state index contributed by atoms with van der Waals surface area (Å²) in [6.07, 6.45) is 34.4. The lowest BCUT2D eigenvalue weighted by atomic mass is 9.53. The standard InChI is InChI=1S/C50H49NS2/c1-32-26-29-45-41(30-32)50(49-37(20-13-25-46(49)52-45)33-14-4-2-5-15-33)39-21-9-11-24-44(39)53-47-31-34(27-28-40(47)50)36-19-12-23-43-48(36)38-18-8-10-22-42(38)51(43)35-16-6-3-7-17-35/h2-4,6,8,10,12,14,18-24,27-28,31-32,35,46,49H,5,7,9,11,13,15-17,25-26,29-30H2,1H3. The van der Waals surface area contributed by atoms with Crippen LogP contribution in [0, 0.1) is 11.8 Å². The smallest absolute Gasteiger partial charge is 0.0520 e. The number of hydrogen-bond donors (Lipinski definition) is 0. The van der Waals surface area contributed by atoms with Crippen molar-refractivity contribution in [3.8, 4) is 11.1 Å². The average Bonchev–Trinajstić information content (AvgIpc) is 3.56. The minimum absolute atomic E-state index is 0.101. The van der Waals surface area contributed by atoms with E-state index in [1.54, 1.807) is 37.7 Å². The molecule has 1 nitrogen and oxygen atoms in total. The van der Waals surface area contributed by atoms with E-state index in [1.165, 1.54) is 82.8 Å². The first-order chi connectivity index (χ1) is 26.2. The van der Waals surface area contributed by atoms with Crippen LogP contribution < -0.4 is 0 Å². The molecule has 53 heavy (non-hydrogen) atoms. The van der Waals surface area contributed by atoms with Crippen LogP contribution in [0.3, 0.4) is 0 Å². The van der Waals surface area contributed by atoms with E-state index >= 15 is 0 Å². The van der Waals surface area contributed by atoms with Gasteiger partial charge in [0.25, 0.3) is 0 Å². The molecule has 0 radical (unpaired) electrons. The van der Waals surface area contributed by atoms with E-state index in [4.69, 9.17) is 0 Å². The van der Waals surface area contributed by atoms with Crippen molar-refractivity contribution >= 4 is 45.3 Å². The van der Waals surface area contributed by atoms with Crippen molar-refractivity contribution in [1.29, 1.82) is 0 Å². The van der Waals surface area contributed by atoms with Gasteiger partial charge in [0.2, 0.25) is 0 Å². The minimum atomic E-state index is -0.101. The number of fused-ring (bicyclic) bond motifs is 10. The van der Waals surface area contributed by atoms with Crippen molar-refractivity contribution in [3.05, 3.63) is 147 Å². The number of benzene rings is 3. The molecule has 5 aliphatic carbocycles. The molecule has 0 fully saturated rings. The van der Waals surface area contributed by atoms with Crippen LogP contribution >= 0.6 is 23.5 Å². The van der Waals surface area contributed by atoms with Gasteiger partial charge in [-0.15, -0.1) is 11.8 Å². The molecule has 0 saturated heterocycles. The molecule has 1 aromatic heterocycles. The zero-order valence-electron chi connectivity index (χ0n) is 31.0. The molecule has 0 amide bonds. The predicted octanol–water partition coefficient (Wildman–Crippen LogP) is 14.5. The molecule has 5 atom stereocenters. The summed E-state index contributed by atoms with van der Waals surface area (Å²) in [6.45, 7) is 2.52. The summed E-state index contributed by atoms with van der Waals surface area (Å²) in [4.78, 5) is 4.77. The second-order valence-corrected chi connectivity index (χ2v) is 19.1. The Morgan fingerprint density at radius 3 is 2.62 bits per heavy atom. The van der Waals surface area contributed by atoms with Gasteiger partial charge in [-0.1, -0.05) is 110 Å². The van der Waals surface area contributed by atoms with Crippen molar-refractivity contribution in [2.75, 3.05) is 0 Å². The molecule has 5 unspecified atom stereocenters. The lowest BCUT2D eigenvalue weighted by molar-refractivity contribution is 0.334. The van der Waals surface area contributed by atoms with Crippen molar-refractivity contribution in [1.82, 2.24) is 4.57 Å². The predicted molar refractivity (Wildman–Crippen MR) is 229 cm³/mol. The van der Waals surface area contributed by atoms with Gasteiger partial charge in [0.15, 0.2) is 0 Å². The van der Waals surface area contributed by atoms with Crippen molar-refractivity contribution in [2.45, 2.75) is 106 Å². The normalized spacial score (nSPS) is 29.2. The highest BCUT2D eigenvalue weighted by atomic mass is 32.2. The molecule has 7 aliphatic rings. The Kier molecular flexibility index (Phi) is 8.02. The highest BCUT2D eigenvalue weighted by molar-refractivity contribution is 8.04. The summed E-state index contributed by atoms with van der Waals surface area (Å²) in [5.74, 6) is 1.19. The Hall–Kier alpha value is -3.66. The summed E-state index contributed by atoms with van der Waals surface area (Å²) in [7, 11) is 0. The third kappa shape index (κ3) is 4.98. The summed E-state index contributed by atoms with van der Waals surface area (Å²) < 4.78 is 2.67. The van der Waals surface area contributed by atoms with Crippen LogP contribution in [-0.4, -0.2) is 9.82 Å². The van der Waals surface area contributed by atoms with E-state index in [1.807, 2.05) is 0 Å². The molecule has 4 aromatic rings. The first kappa shape index (κ1) is 32.7. The lowest BCUT2D eigenvalue weighted by Gasteiger charge is -2.58. The van der Waals surface area contributed by atoms with Crippen LogP contribution in [0.15, 0.2) is 146 Å². The first-order valence-corrected chi connectivity index (χ1v) is 22.3. The molecule has 11 rings (SSSR count). The summed E-state index contributed by atoms with van der Waals surface area (Å²) in [6, 6.07) is 24.6. The van der Waals surface area contributed by atoms with Gasteiger partial charge >= 0.3 is 0 Å². The topological polar surface area (TPSA) is 4.93 Å². The summed E-state index contributed by atoms with van der Waals surface area (Å²) in [5, 5.41) is 3.42. The van der Waals surface area contributed by atoms with Gasteiger partial charge in [-0.3, -0.25) is 0 Å². The summed E-state index contributed by atoms with van der Waals surface area (Å²) in [5.41, 5.74) is 13.7. The second kappa shape index (κ2) is 13.0. The van der Waals surface area contributed by atoms with Gasteiger partial charge in [-0.05, 0) is 145 Å². The lowest BCUT2D eigenvalue weighted by Crippen LogP contribution is -2.51. The Bertz CT molecular complexity index is 2410. The second-order valence-electron chi connectivity index (χ2n) is 16.7. The molecule has 1 spiro atoms. The molecular formula is C50H49NS2. The molecule has 3 heteroatoms. The molecule has 3 aromatic carbocycles. The van der Waals surface area contributed by atoms with Gasteiger partial charge in [0.05, 0.1) is 5.41 Å². The largest absolute Gasteiger partial charge is 0.337 e. The van der Waals surface area contributed by atoms with E-state index < -0.39 is 0 Å². The Morgan fingerprint density at radius 1 is 0.792 bits per heavy atom. The fourth-order valence-electron chi connectivity index (χ4n) is 11.5. The van der Waals surface area contributed by atoms with Crippen LogP contribution in [0.1, 0.15) is 95.6 Å². The van der Waals surface area contributed by atoms with Gasteiger partial charge in [-0.25, -0.2) is 0 Å². The number of rotatable bonds is 3. The zero-order chi connectivity index (χ0) is 35.1. The number of aromatic nitrogens is 1. The molecule has 3 heterocycles. The third-order valence-corrected chi connectivity index (χ3v) is 16.4. The molecule has 0 N–H and O–H groups in total. The maximum absolute atomic E-state index is 2.70. The monoisotopic (exact) mass is 727 g/mol. The number of para-hydroxylation sites is 1. The maximum Gasteiger partial charge on any atom is 0.0520 e. The fraction of sp³-hybridized carbons (Fsp3) is 0.360. The van der Waals surface area contributed by atoms with Crippen molar-refractivity contribution < 1.29 is 0 Å². The van der Waals surface area contributed by atoms with Gasteiger partial charge < -0.3 is 4.57 Å². The molecule has 0 bridgehead atoms. The van der Waals surface area contributed by atoms with Crippen LogP contribution in [0.2, 0.25) is 0 Å². The van der Waals surface area contributed by atoms with Gasteiger partial charge in [-0.2, -0.15) is 0 Å². The minimum Gasteiger partial charge on any atom is -0.337 e. The first-order valence-electron chi connectivity index (χ1n) is 20.6. The third-order valence-electron chi connectivity index (χ3n) is 13.7. The number of hydrogen-bond acceptors (Lipinski definition) is 2. The fourth-order valence-corrected chi connectivity index (χ4v) is 14.6. The van der Waals surface area contributed by atoms with Crippen LogP contribution in [0.5, 0.6) is 0 Å². The van der Waals surface area contributed by atoms with Crippen LogP contribution in [0.4, 0.5) is 0 Å². The molecule has 0 saturated carbocycles. The molecule has 2 aliphatic heterocycles. The Labute approximate surface area is 323 Å². The molecule has 266 valence electrons. The summed E-state index contributed by atoms with van der Waals surface area (Å²) >= 11 is 4.38. The number of thioether (sulfide) groups is 2. The average molecular weight is 728 g/mol. The van der Waals surface area contributed by atoms with E-state index in [-0.39, 0.29) is 5.41 Å². The number of allylic oxidation sites excluding steroid dienone is 13. The number of nitrogens with zero attached hydrogens (tertiary/aromatic N) is 1. The highest BCUT2D eigenvalue weighted by Crippen LogP contribution is 2.69. The van der Waals surface area contributed by atoms with Gasteiger partial charge in [0, 0.05) is 48.8 Å². The van der Waals surface area contributed by atoms with E-state index in [0.717, 1.165) is 38.0 Å². The van der Waals surface area contributed by atoms with Gasteiger partial charge in [0.1, 0.15) is 0 Å².